The first-order valence-corrected chi connectivity index (χ1v) is 3.53. The van der Waals surface area contributed by atoms with Crippen molar-refractivity contribution in [2.75, 3.05) is 0 Å². The van der Waals surface area contributed by atoms with Gasteiger partial charge in [-0.25, -0.2) is 9.38 Å². The minimum absolute atomic E-state index is 2.09. The van der Waals surface area contributed by atoms with Crippen molar-refractivity contribution in [3.63, 3.8) is 0 Å². The van der Waals surface area contributed by atoms with Gasteiger partial charge in [-0.2, -0.15) is 17.6 Å². The van der Waals surface area contributed by atoms with Crippen LogP contribution in [-0.4, -0.2) is 16.3 Å². The first kappa shape index (κ1) is 10.7. The molecule has 1 aliphatic heterocycles. The van der Waals surface area contributed by atoms with Crippen LogP contribution in [0.5, 0.6) is 0 Å². The summed E-state index contributed by atoms with van der Waals surface area (Å²) < 4.78 is 58.6. The predicted molar refractivity (Wildman–Crippen MR) is 37.2 cm³/mol. The molecule has 1 rings (SSSR count). The van der Waals surface area contributed by atoms with Crippen molar-refractivity contribution in [3.05, 3.63) is 11.7 Å². The van der Waals surface area contributed by atoms with Gasteiger partial charge in [0.2, 0.25) is 17.6 Å². The number of hydrogen-bond donors (Lipinski definition) is 0. The second-order valence-electron chi connectivity index (χ2n) is 2.15. The Morgan fingerprint density at radius 2 is 1.54 bits per heavy atom. The molecular formula is C5Cl2F5N. The maximum Gasteiger partial charge on any atom is 0.354 e. The normalized spacial score (nSPS) is 25.9. The molecule has 0 bridgehead atoms. The Hall–Kier alpha value is -0.360. The molecule has 0 saturated heterocycles. The highest BCUT2D eigenvalue weighted by molar-refractivity contribution is 6.49. The maximum atomic E-state index is 12.6. The summed E-state index contributed by atoms with van der Waals surface area (Å²) in [5.41, 5.74) is 0. The first-order chi connectivity index (χ1) is 5.70. The van der Waals surface area contributed by atoms with E-state index in [1.165, 1.54) is 0 Å². The van der Waals surface area contributed by atoms with Crippen LogP contribution in [0.15, 0.2) is 16.6 Å². The molecule has 74 valence electrons. The fourth-order valence-electron chi connectivity index (χ4n) is 0.603. The average Bonchev–Trinajstić information content (AvgIpc) is 1.98. The van der Waals surface area contributed by atoms with Crippen LogP contribution in [0.25, 0.3) is 0 Å². The minimum Gasteiger partial charge on any atom is -0.210 e. The number of alkyl halides is 4. The van der Waals surface area contributed by atoms with Gasteiger partial charge in [0, 0.05) is 0 Å². The zero-order chi connectivity index (χ0) is 10.4. The van der Waals surface area contributed by atoms with Crippen LogP contribution in [-0.2, 0) is 0 Å². The summed E-state index contributed by atoms with van der Waals surface area (Å²) in [6, 6.07) is 0. The number of halogens is 7. The van der Waals surface area contributed by atoms with E-state index in [0.717, 1.165) is 0 Å². The topological polar surface area (TPSA) is 12.4 Å². The van der Waals surface area contributed by atoms with Gasteiger partial charge >= 0.3 is 5.92 Å². The van der Waals surface area contributed by atoms with Crippen molar-refractivity contribution < 1.29 is 22.0 Å². The summed E-state index contributed by atoms with van der Waals surface area (Å²) in [5.74, 6) is -11.7. The largest absolute Gasteiger partial charge is 0.354 e. The van der Waals surface area contributed by atoms with Gasteiger partial charge in [-0.1, -0.05) is 23.2 Å². The van der Waals surface area contributed by atoms with Crippen LogP contribution < -0.4 is 0 Å². The van der Waals surface area contributed by atoms with Gasteiger partial charge in [0.15, 0.2) is 0 Å². The summed E-state index contributed by atoms with van der Waals surface area (Å²) in [6.45, 7) is 0. The standard InChI is InChI=1S/C5Cl2F5N/c6-5(7)4(11,12)2(9)1(8)3(10)13-5. The van der Waals surface area contributed by atoms with Crippen LogP contribution in [0, 0.1) is 0 Å². The Bertz CT molecular complexity index is 308. The molecule has 13 heavy (non-hydrogen) atoms. The molecule has 0 saturated carbocycles. The van der Waals surface area contributed by atoms with Crippen molar-refractivity contribution in [1.29, 1.82) is 0 Å². The Morgan fingerprint density at radius 3 is 2.00 bits per heavy atom. The molecule has 1 heterocycles. The maximum absolute atomic E-state index is 12.6. The molecule has 0 radical (unpaired) electrons. The average molecular weight is 240 g/mol. The third-order valence-electron chi connectivity index (χ3n) is 1.27. The summed E-state index contributed by atoms with van der Waals surface area (Å²) in [4.78, 5) is 2.26. The second-order valence-corrected chi connectivity index (χ2v) is 3.43. The number of aliphatic imine (C=N–C) groups is 1. The Kier molecular flexibility index (Phi) is 2.32. The molecule has 0 aromatic carbocycles. The second kappa shape index (κ2) is 2.81. The number of hydrogen-bond acceptors (Lipinski definition) is 1. The molecule has 1 aliphatic rings. The highest BCUT2D eigenvalue weighted by Gasteiger charge is 2.60. The fourth-order valence-corrected chi connectivity index (χ4v) is 0.917. The lowest BCUT2D eigenvalue weighted by molar-refractivity contribution is -0.00261. The fraction of sp³-hybridized carbons (Fsp3) is 0.400. The van der Waals surface area contributed by atoms with Gasteiger partial charge in [0.1, 0.15) is 0 Å². The van der Waals surface area contributed by atoms with E-state index in [-0.39, 0.29) is 0 Å². The van der Waals surface area contributed by atoms with Gasteiger partial charge < -0.3 is 0 Å². The predicted octanol–water partition coefficient (Wildman–Crippen LogP) is 3.29. The van der Waals surface area contributed by atoms with E-state index < -0.39 is 28.0 Å². The molecule has 8 heteroatoms. The number of dihydropyridines is 1. The molecule has 0 amide bonds. The number of nitrogens with zero attached hydrogens (tertiary/aromatic N) is 1. The SMILES string of the molecule is FC1=NC(Cl)(Cl)C(F)(F)C(F)=C1F. The van der Waals surface area contributed by atoms with Gasteiger partial charge in [0.25, 0.3) is 4.46 Å². The molecule has 0 aromatic rings. The zero-order valence-electron chi connectivity index (χ0n) is 5.59. The molecule has 0 aromatic heterocycles. The highest BCUT2D eigenvalue weighted by atomic mass is 35.5. The molecule has 0 atom stereocenters. The van der Waals surface area contributed by atoms with Crippen molar-refractivity contribution in [2.45, 2.75) is 10.4 Å². The summed E-state index contributed by atoms with van der Waals surface area (Å²) >= 11 is 9.53. The molecule has 1 nitrogen and oxygen atoms in total. The van der Waals surface area contributed by atoms with Crippen LogP contribution in [0.4, 0.5) is 22.0 Å². The lowest BCUT2D eigenvalue weighted by atomic mass is 10.2. The van der Waals surface area contributed by atoms with Gasteiger partial charge in [-0.05, 0) is 0 Å². The lowest BCUT2D eigenvalue weighted by Crippen LogP contribution is -2.41. The van der Waals surface area contributed by atoms with E-state index in [4.69, 9.17) is 23.2 Å². The first-order valence-electron chi connectivity index (χ1n) is 2.77. The summed E-state index contributed by atoms with van der Waals surface area (Å²) in [6.07, 6.45) is 0. The Balaban J connectivity index is 3.32. The van der Waals surface area contributed by atoms with Crippen molar-refractivity contribution in [1.82, 2.24) is 0 Å². The van der Waals surface area contributed by atoms with Gasteiger partial charge in [-0.15, -0.1) is 0 Å². The lowest BCUT2D eigenvalue weighted by Gasteiger charge is -2.27. The van der Waals surface area contributed by atoms with E-state index in [2.05, 4.69) is 4.99 Å². The van der Waals surface area contributed by atoms with Gasteiger partial charge in [-0.3, -0.25) is 0 Å². The van der Waals surface area contributed by atoms with Crippen LogP contribution in [0.2, 0.25) is 0 Å². The van der Waals surface area contributed by atoms with E-state index in [9.17, 15) is 22.0 Å². The van der Waals surface area contributed by atoms with E-state index in [1.807, 2.05) is 0 Å². The molecule has 0 N–H and O–H groups in total. The third-order valence-corrected chi connectivity index (χ3v) is 1.91. The zero-order valence-corrected chi connectivity index (χ0v) is 7.10. The van der Waals surface area contributed by atoms with Crippen LogP contribution in [0.1, 0.15) is 0 Å². The van der Waals surface area contributed by atoms with E-state index in [1.54, 1.807) is 0 Å². The highest BCUT2D eigenvalue weighted by Crippen LogP contribution is 2.49. The van der Waals surface area contributed by atoms with E-state index in [0.29, 0.717) is 0 Å². The number of rotatable bonds is 0. The third kappa shape index (κ3) is 1.42. The molecule has 0 unspecified atom stereocenters. The summed E-state index contributed by atoms with van der Waals surface area (Å²) in [7, 11) is 0. The Morgan fingerprint density at radius 1 is 1.08 bits per heavy atom. The van der Waals surface area contributed by atoms with Gasteiger partial charge in [0.05, 0.1) is 0 Å². The van der Waals surface area contributed by atoms with Crippen LogP contribution >= 0.6 is 23.2 Å². The van der Waals surface area contributed by atoms with Crippen molar-refractivity contribution in [3.8, 4) is 0 Å². The smallest absolute Gasteiger partial charge is 0.210 e. The number of allylic oxidation sites excluding steroid dienone is 1. The van der Waals surface area contributed by atoms with Crippen molar-refractivity contribution >= 4 is 29.2 Å². The van der Waals surface area contributed by atoms with Crippen molar-refractivity contribution in [2.24, 2.45) is 4.99 Å². The summed E-state index contributed by atoms with van der Waals surface area (Å²) in [5, 5.41) is 0. The molecule has 0 aliphatic carbocycles. The Labute approximate surface area is 78.8 Å². The molecular weight excluding hydrogens is 240 g/mol. The molecule has 0 fully saturated rings. The molecule has 0 spiro atoms. The van der Waals surface area contributed by atoms with E-state index >= 15 is 0 Å². The van der Waals surface area contributed by atoms with Crippen LogP contribution in [0.3, 0.4) is 0 Å². The quantitative estimate of drug-likeness (QED) is 0.350. The minimum atomic E-state index is -4.57. The monoisotopic (exact) mass is 239 g/mol.